The molecule has 0 aliphatic carbocycles. The molecule has 0 saturated carbocycles. The van der Waals surface area contributed by atoms with Gasteiger partial charge in [-0.05, 0) is 29.5 Å². The number of rotatable bonds is 5. The van der Waals surface area contributed by atoms with Crippen molar-refractivity contribution in [3.8, 4) is 0 Å². The minimum atomic E-state index is -0.257. The Morgan fingerprint density at radius 3 is 2.36 bits per heavy atom. The van der Waals surface area contributed by atoms with Crippen LogP contribution in [0.2, 0.25) is 0 Å². The number of thioether (sulfide) groups is 1. The highest BCUT2D eigenvalue weighted by molar-refractivity contribution is 8.13. The van der Waals surface area contributed by atoms with Crippen LogP contribution in [0.1, 0.15) is 52.7 Å². The summed E-state index contributed by atoms with van der Waals surface area (Å²) < 4.78 is 5.05. The average Bonchev–Trinajstić information content (AvgIpc) is 2.39. The van der Waals surface area contributed by atoms with Gasteiger partial charge >= 0.3 is 5.97 Å². The largest absolute Gasteiger partial charge is 0.466 e. The molecule has 1 aromatic rings. The summed E-state index contributed by atoms with van der Waals surface area (Å²) in [5.74, 6) is -0.296. The molecule has 0 radical (unpaired) electrons. The number of benzene rings is 1. The zero-order chi connectivity index (χ0) is 16.9. The quantitative estimate of drug-likeness (QED) is 0.596. The first-order chi connectivity index (χ1) is 10.1. The topological polar surface area (TPSA) is 43.4 Å². The lowest BCUT2D eigenvalue weighted by Crippen LogP contribution is -2.14. The molecule has 0 amide bonds. The molecule has 0 fully saturated rings. The third-order valence-electron chi connectivity index (χ3n) is 3.25. The molecule has 3 nitrogen and oxygen atoms in total. The van der Waals surface area contributed by atoms with Gasteiger partial charge in [0.15, 0.2) is 5.12 Å². The average molecular weight is 322 g/mol. The van der Waals surface area contributed by atoms with Gasteiger partial charge in [0.2, 0.25) is 0 Å². The van der Waals surface area contributed by atoms with E-state index in [4.69, 9.17) is 4.74 Å². The summed E-state index contributed by atoms with van der Waals surface area (Å²) in [4.78, 5) is 24.7. The molecule has 0 aromatic heterocycles. The van der Waals surface area contributed by atoms with Gasteiger partial charge in [-0.3, -0.25) is 9.59 Å². The third kappa shape index (κ3) is 5.48. The van der Waals surface area contributed by atoms with Gasteiger partial charge < -0.3 is 4.74 Å². The fraction of sp³-hybridized carbons (Fsp3) is 0.556. The van der Waals surface area contributed by atoms with Crippen molar-refractivity contribution in [1.82, 2.24) is 0 Å². The highest BCUT2D eigenvalue weighted by Gasteiger charge is 2.19. The summed E-state index contributed by atoms with van der Waals surface area (Å²) >= 11 is 1.21. The normalized spacial score (nSPS) is 11.6. The molecule has 0 spiro atoms. The fourth-order valence-corrected chi connectivity index (χ4v) is 2.73. The maximum atomic E-state index is 12.0. The molecule has 0 atom stereocenters. The molecule has 0 saturated heterocycles. The summed E-state index contributed by atoms with van der Waals surface area (Å²) in [5.41, 5.74) is 2.01. The Hall–Kier alpha value is -1.29. The van der Waals surface area contributed by atoms with Crippen LogP contribution >= 0.6 is 11.8 Å². The molecular weight excluding hydrogens is 296 g/mol. The molecule has 0 aliphatic heterocycles. The number of carbonyl (C=O) groups is 2. The van der Waals surface area contributed by atoms with Gasteiger partial charge in [-0.1, -0.05) is 58.5 Å². The van der Waals surface area contributed by atoms with E-state index in [-0.39, 0.29) is 28.8 Å². The van der Waals surface area contributed by atoms with E-state index in [0.29, 0.717) is 6.61 Å². The maximum Gasteiger partial charge on any atom is 0.310 e. The Morgan fingerprint density at radius 1 is 1.23 bits per heavy atom. The van der Waals surface area contributed by atoms with Crippen molar-refractivity contribution in [3.63, 3.8) is 0 Å². The number of esters is 1. The van der Waals surface area contributed by atoms with Crippen molar-refractivity contribution in [3.05, 3.63) is 29.3 Å². The van der Waals surface area contributed by atoms with Crippen LogP contribution in [-0.4, -0.2) is 17.7 Å². The van der Waals surface area contributed by atoms with E-state index >= 15 is 0 Å². The first-order valence-corrected chi connectivity index (χ1v) is 8.47. The Kier molecular flexibility index (Phi) is 6.66. The monoisotopic (exact) mass is 322 g/mol. The van der Waals surface area contributed by atoms with Gasteiger partial charge in [0.25, 0.3) is 0 Å². The van der Waals surface area contributed by atoms with Crippen molar-refractivity contribution < 1.29 is 14.3 Å². The minimum Gasteiger partial charge on any atom is -0.466 e. The zero-order valence-corrected chi connectivity index (χ0v) is 15.2. The minimum absolute atomic E-state index is 0.00529. The SMILES string of the molecule is CCOC(=O)Cc1cc(C(C)(C)C)ccc1SC(=O)C(C)C. The van der Waals surface area contributed by atoms with Gasteiger partial charge in [0, 0.05) is 10.8 Å². The van der Waals surface area contributed by atoms with Crippen LogP contribution < -0.4 is 0 Å². The molecule has 0 unspecified atom stereocenters. The summed E-state index contributed by atoms with van der Waals surface area (Å²) in [5, 5.41) is 0.105. The van der Waals surface area contributed by atoms with Crippen molar-refractivity contribution in [2.45, 2.75) is 58.3 Å². The summed E-state index contributed by atoms with van der Waals surface area (Å²) in [6.07, 6.45) is 0.200. The van der Waals surface area contributed by atoms with Crippen LogP contribution in [-0.2, 0) is 26.2 Å². The lowest BCUT2D eigenvalue weighted by molar-refractivity contribution is -0.142. The molecule has 22 heavy (non-hydrogen) atoms. The van der Waals surface area contributed by atoms with E-state index in [0.717, 1.165) is 16.0 Å². The molecule has 122 valence electrons. The summed E-state index contributed by atoms with van der Waals surface area (Å²) in [6.45, 7) is 12.3. The maximum absolute atomic E-state index is 12.0. The fourth-order valence-electron chi connectivity index (χ4n) is 1.88. The molecule has 0 bridgehead atoms. The van der Waals surface area contributed by atoms with E-state index < -0.39 is 0 Å². The van der Waals surface area contributed by atoms with Gasteiger partial charge in [-0.25, -0.2) is 0 Å². The second-order valence-corrected chi connectivity index (χ2v) is 7.68. The van der Waals surface area contributed by atoms with Gasteiger partial charge in [0.1, 0.15) is 0 Å². The van der Waals surface area contributed by atoms with Crippen LogP contribution in [0.15, 0.2) is 23.1 Å². The molecule has 1 aromatic carbocycles. The van der Waals surface area contributed by atoms with Gasteiger partial charge in [-0.15, -0.1) is 0 Å². The van der Waals surface area contributed by atoms with Crippen LogP contribution in [0.4, 0.5) is 0 Å². The predicted molar refractivity (Wildman–Crippen MR) is 91.2 cm³/mol. The second kappa shape index (κ2) is 7.82. The van der Waals surface area contributed by atoms with Crippen LogP contribution in [0, 0.1) is 5.92 Å². The zero-order valence-electron chi connectivity index (χ0n) is 14.4. The molecule has 1 rings (SSSR count). The lowest BCUT2D eigenvalue weighted by Gasteiger charge is -2.21. The van der Waals surface area contributed by atoms with Crippen molar-refractivity contribution >= 4 is 22.8 Å². The first-order valence-electron chi connectivity index (χ1n) is 7.65. The Bertz CT molecular complexity index is 542. The molecular formula is C18H26O3S. The molecule has 0 N–H and O–H groups in total. The Morgan fingerprint density at radius 2 is 1.86 bits per heavy atom. The third-order valence-corrected chi connectivity index (χ3v) is 4.54. The molecule has 0 aliphatic rings. The summed E-state index contributed by atoms with van der Waals surface area (Å²) in [7, 11) is 0. The predicted octanol–water partition coefficient (Wildman–Crippen LogP) is 4.36. The van der Waals surface area contributed by atoms with Gasteiger partial charge in [0.05, 0.1) is 13.0 Å². The van der Waals surface area contributed by atoms with Crippen molar-refractivity contribution in [1.29, 1.82) is 0 Å². The lowest BCUT2D eigenvalue weighted by atomic mass is 9.86. The molecule has 0 heterocycles. The first kappa shape index (κ1) is 18.8. The Labute approximate surface area is 137 Å². The van der Waals surface area contributed by atoms with Crippen LogP contribution in [0.25, 0.3) is 0 Å². The van der Waals surface area contributed by atoms with E-state index in [1.807, 2.05) is 32.0 Å². The van der Waals surface area contributed by atoms with E-state index in [1.54, 1.807) is 6.92 Å². The number of ether oxygens (including phenoxy) is 1. The van der Waals surface area contributed by atoms with E-state index in [1.165, 1.54) is 11.8 Å². The standard InChI is InChI=1S/C18H26O3S/c1-7-21-16(19)11-13-10-14(18(4,5)6)8-9-15(13)22-17(20)12(2)3/h8-10,12H,7,11H2,1-6H3. The highest BCUT2D eigenvalue weighted by atomic mass is 32.2. The molecule has 4 heteroatoms. The Balaban J connectivity index is 3.13. The number of carbonyl (C=O) groups excluding carboxylic acids is 2. The summed E-state index contributed by atoms with van der Waals surface area (Å²) in [6, 6.07) is 6.00. The van der Waals surface area contributed by atoms with Crippen molar-refractivity contribution in [2.24, 2.45) is 5.92 Å². The van der Waals surface area contributed by atoms with Crippen LogP contribution in [0.3, 0.4) is 0 Å². The van der Waals surface area contributed by atoms with Crippen molar-refractivity contribution in [2.75, 3.05) is 6.61 Å². The van der Waals surface area contributed by atoms with E-state index in [2.05, 4.69) is 20.8 Å². The number of hydrogen-bond donors (Lipinski definition) is 0. The highest BCUT2D eigenvalue weighted by Crippen LogP contribution is 2.31. The smallest absolute Gasteiger partial charge is 0.310 e. The van der Waals surface area contributed by atoms with Crippen LogP contribution in [0.5, 0.6) is 0 Å². The van der Waals surface area contributed by atoms with Gasteiger partial charge in [-0.2, -0.15) is 0 Å². The number of hydrogen-bond acceptors (Lipinski definition) is 4. The van der Waals surface area contributed by atoms with E-state index in [9.17, 15) is 9.59 Å². The second-order valence-electron chi connectivity index (χ2n) is 6.63.